The second kappa shape index (κ2) is 9.84. The van der Waals surface area contributed by atoms with Crippen LogP contribution in [0.2, 0.25) is 0 Å². The van der Waals surface area contributed by atoms with Crippen molar-refractivity contribution in [1.29, 1.82) is 5.26 Å². The highest BCUT2D eigenvalue weighted by Gasteiger charge is 2.06. The summed E-state index contributed by atoms with van der Waals surface area (Å²) in [6, 6.07) is 6.85. The highest BCUT2D eigenvalue weighted by Crippen LogP contribution is 2.28. The number of hydrogen-bond donors (Lipinski definition) is 1. The third-order valence-electron chi connectivity index (χ3n) is 2.61. The summed E-state index contributed by atoms with van der Waals surface area (Å²) in [5.74, 6) is -0.0990. The van der Waals surface area contributed by atoms with Crippen molar-refractivity contribution < 1.29 is 23.8 Å². The molecule has 1 N–H and O–H groups in total. The summed E-state index contributed by atoms with van der Waals surface area (Å²) in [5.41, 5.74) is 0.682. The molecule has 7 heteroatoms. The Labute approximate surface area is 134 Å². The maximum Gasteiger partial charge on any atom is 0.331 e. The number of hydrogen-bond acceptors (Lipinski definition) is 6. The Hall–Kier alpha value is -3.01. The number of carbonyl (C=O) groups is 2. The largest absolute Gasteiger partial charge is 0.493 e. The fraction of sp³-hybridized carbons (Fsp3) is 0.312. The summed E-state index contributed by atoms with van der Waals surface area (Å²) in [4.78, 5) is 22.7. The zero-order valence-corrected chi connectivity index (χ0v) is 13.0. The molecule has 0 unspecified atom stereocenters. The lowest BCUT2D eigenvalue weighted by molar-refractivity contribution is -0.143. The molecule has 0 aliphatic carbocycles. The van der Waals surface area contributed by atoms with Crippen LogP contribution in [0.3, 0.4) is 0 Å². The minimum Gasteiger partial charge on any atom is -0.493 e. The van der Waals surface area contributed by atoms with Crippen LogP contribution in [-0.2, 0) is 14.3 Å². The molecule has 1 amide bonds. The van der Waals surface area contributed by atoms with Crippen LogP contribution < -0.4 is 14.8 Å². The van der Waals surface area contributed by atoms with E-state index in [1.807, 2.05) is 6.07 Å². The number of esters is 1. The van der Waals surface area contributed by atoms with Crippen molar-refractivity contribution in [2.24, 2.45) is 0 Å². The Balaban J connectivity index is 2.64. The van der Waals surface area contributed by atoms with E-state index in [4.69, 9.17) is 19.5 Å². The summed E-state index contributed by atoms with van der Waals surface area (Å²) in [6.07, 6.45) is 2.74. The van der Waals surface area contributed by atoms with Gasteiger partial charge in [-0.1, -0.05) is 6.07 Å². The van der Waals surface area contributed by atoms with Gasteiger partial charge in [0.1, 0.15) is 6.07 Å². The molecule has 0 aliphatic rings. The number of methoxy groups -OCH3 is 1. The van der Waals surface area contributed by atoms with Crippen molar-refractivity contribution in [3.63, 3.8) is 0 Å². The lowest BCUT2D eigenvalue weighted by Gasteiger charge is -2.08. The molecule has 0 saturated carbocycles. The average molecular weight is 318 g/mol. The van der Waals surface area contributed by atoms with Crippen LogP contribution in [0.1, 0.15) is 12.5 Å². The minimum atomic E-state index is -0.625. The average Bonchev–Trinajstić information content (AvgIpc) is 2.56. The van der Waals surface area contributed by atoms with Crippen molar-refractivity contribution >= 4 is 18.0 Å². The Morgan fingerprint density at radius 3 is 2.78 bits per heavy atom. The van der Waals surface area contributed by atoms with E-state index in [2.05, 4.69) is 5.32 Å². The lowest BCUT2D eigenvalue weighted by atomic mass is 10.2. The first-order valence-electron chi connectivity index (χ1n) is 6.90. The van der Waals surface area contributed by atoms with E-state index in [0.717, 1.165) is 0 Å². The van der Waals surface area contributed by atoms with Crippen LogP contribution in [0.15, 0.2) is 24.3 Å². The van der Waals surface area contributed by atoms with Gasteiger partial charge in [0.2, 0.25) is 0 Å². The molecule has 0 aliphatic heterocycles. The van der Waals surface area contributed by atoms with E-state index in [9.17, 15) is 9.59 Å². The summed E-state index contributed by atoms with van der Waals surface area (Å²) < 4.78 is 15.1. The molecule has 0 heterocycles. The van der Waals surface area contributed by atoms with Crippen molar-refractivity contribution in [3.8, 4) is 17.6 Å². The van der Waals surface area contributed by atoms with Crippen LogP contribution in [0.5, 0.6) is 11.5 Å². The van der Waals surface area contributed by atoms with Crippen LogP contribution in [-0.4, -0.2) is 38.7 Å². The molecule has 0 aromatic heterocycles. The van der Waals surface area contributed by atoms with Crippen LogP contribution in [0.25, 0.3) is 6.08 Å². The number of rotatable bonds is 8. The number of amides is 1. The molecule has 122 valence electrons. The van der Waals surface area contributed by atoms with Gasteiger partial charge in [-0.15, -0.1) is 0 Å². The number of benzene rings is 1. The third kappa shape index (κ3) is 6.52. The van der Waals surface area contributed by atoms with E-state index in [1.54, 1.807) is 25.1 Å². The quantitative estimate of drug-likeness (QED) is 0.573. The van der Waals surface area contributed by atoms with E-state index in [1.165, 1.54) is 19.3 Å². The fourth-order valence-electron chi connectivity index (χ4n) is 1.61. The molecule has 0 radical (unpaired) electrons. The van der Waals surface area contributed by atoms with Gasteiger partial charge in [0, 0.05) is 12.6 Å². The summed E-state index contributed by atoms with van der Waals surface area (Å²) in [6.45, 7) is 1.85. The molecule has 0 bridgehead atoms. The predicted octanol–water partition coefficient (Wildman–Crippen LogP) is 1.29. The van der Waals surface area contributed by atoms with Gasteiger partial charge >= 0.3 is 5.97 Å². The standard InChI is InChI=1S/C16H18N2O5/c1-3-18-15(19)11-23-16(20)7-5-12-4-6-13(22-9-8-17)14(10-12)21-2/h4-7,10H,3,9,11H2,1-2H3,(H,18,19)/b7-5+. The van der Waals surface area contributed by atoms with Gasteiger partial charge in [0.15, 0.2) is 24.7 Å². The lowest BCUT2D eigenvalue weighted by Crippen LogP contribution is -2.28. The number of nitrogens with one attached hydrogen (secondary N) is 1. The van der Waals surface area contributed by atoms with E-state index in [0.29, 0.717) is 23.6 Å². The first-order valence-corrected chi connectivity index (χ1v) is 6.90. The molecule has 0 atom stereocenters. The fourth-order valence-corrected chi connectivity index (χ4v) is 1.61. The van der Waals surface area contributed by atoms with Gasteiger partial charge in [-0.2, -0.15) is 5.26 Å². The highest BCUT2D eigenvalue weighted by molar-refractivity contribution is 5.89. The second-order valence-corrected chi connectivity index (χ2v) is 4.25. The highest BCUT2D eigenvalue weighted by atomic mass is 16.5. The Morgan fingerprint density at radius 1 is 1.35 bits per heavy atom. The zero-order chi connectivity index (χ0) is 17.1. The molecule has 0 fully saturated rings. The van der Waals surface area contributed by atoms with Crippen molar-refractivity contribution in [2.45, 2.75) is 6.92 Å². The minimum absolute atomic E-state index is 0.0856. The Kier molecular flexibility index (Phi) is 7.72. The van der Waals surface area contributed by atoms with Gasteiger partial charge in [-0.25, -0.2) is 4.79 Å². The van der Waals surface area contributed by atoms with Crippen LogP contribution in [0, 0.1) is 11.3 Å². The molecule has 0 saturated heterocycles. The maximum absolute atomic E-state index is 11.5. The van der Waals surface area contributed by atoms with Gasteiger partial charge in [0.25, 0.3) is 5.91 Å². The first kappa shape index (κ1) is 18.0. The summed E-state index contributed by atoms with van der Waals surface area (Å²) >= 11 is 0. The number of likely N-dealkylation sites (N-methyl/N-ethyl adjacent to an activating group) is 1. The number of carbonyl (C=O) groups excluding carboxylic acids is 2. The normalized spacial score (nSPS) is 9.96. The predicted molar refractivity (Wildman–Crippen MR) is 82.8 cm³/mol. The Bertz CT molecular complexity index is 619. The Morgan fingerprint density at radius 2 is 2.13 bits per heavy atom. The third-order valence-corrected chi connectivity index (χ3v) is 2.61. The molecular weight excluding hydrogens is 300 g/mol. The summed E-state index contributed by atoms with van der Waals surface area (Å²) in [5, 5.41) is 11.0. The first-order chi connectivity index (χ1) is 11.1. The molecule has 1 aromatic carbocycles. The SMILES string of the molecule is CCNC(=O)COC(=O)/C=C/c1ccc(OCC#N)c(OC)c1. The second-order valence-electron chi connectivity index (χ2n) is 4.25. The van der Waals surface area contributed by atoms with Gasteiger partial charge in [-0.3, -0.25) is 4.79 Å². The van der Waals surface area contributed by atoms with E-state index < -0.39 is 5.97 Å². The number of nitrogens with zero attached hydrogens (tertiary/aromatic N) is 1. The molecule has 0 spiro atoms. The molecular formula is C16H18N2O5. The summed E-state index contributed by atoms with van der Waals surface area (Å²) in [7, 11) is 1.47. The van der Waals surface area contributed by atoms with E-state index >= 15 is 0 Å². The smallest absolute Gasteiger partial charge is 0.331 e. The molecule has 7 nitrogen and oxygen atoms in total. The van der Waals surface area contributed by atoms with Gasteiger partial charge in [-0.05, 0) is 30.7 Å². The molecule has 1 aromatic rings. The topological polar surface area (TPSA) is 97.6 Å². The molecule has 1 rings (SSSR count). The van der Waals surface area contributed by atoms with Gasteiger partial charge < -0.3 is 19.5 Å². The van der Waals surface area contributed by atoms with Crippen molar-refractivity contribution in [1.82, 2.24) is 5.32 Å². The molecule has 23 heavy (non-hydrogen) atoms. The van der Waals surface area contributed by atoms with Crippen molar-refractivity contribution in [3.05, 3.63) is 29.8 Å². The van der Waals surface area contributed by atoms with Gasteiger partial charge in [0.05, 0.1) is 7.11 Å². The monoisotopic (exact) mass is 318 g/mol. The van der Waals surface area contributed by atoms with Crippen LogP contribution >= 0.6 is 0 Å². The zero-order valence-electron chi connectivity index (χ0n) is 13.0. The number of ether oxygens (including phenoxy) is 3. The number of nitriles is 1. The van der Waals surface area contributed by atoms with E-state index in [-0.39, 0.29) is 19.1 Å². The maximum atomic E-state index is 11.5. The van der Waals surface area contributed by atoms with Crippen LogP contribution in [0.4, 0.5) is 0 Å². The van der Waals surface area contributed by atoms with Crippen molar-refractivity contribution in [2.75, 3.05) is 26.9 Å².